The lowest BCUT2D eigenvalue weighted by molar-refractivity contribution is -0.118. The molecule has 248 valence electrons. The van der Waals surface area contributed by atoms with Crippen LogP contribution in [0.1, 0.15) is 52.2 Å². The van der Waals surface area contributed by atoms with E-state index >= 15 is 0 Å². The van der Waals surface area contributed by atoms with Gasteiger partial charge in [-0.2, -0.15) is 0 Å². The van der Waals surface area contributed by atoms with Crippen LogP contribution >= 0.6 is 0 Å². The van der Waals surface area contributed by atoms with Crippen molar-refractivity contribution in [2.75, 3.05) is 24.9 Å². The minimum absolute atomic E-state index is 0.0141. The molecule has 13 heteroatoms. The third kappa shape index (κ3) is 7.98. The zero-order chi connectivity index (χ0) is 34.2. The Bertz CT molecular complexity index is 1710. The Morgan fingerprint density at radius 3 is 2.36 bits per heavy atom. The fraction of sp³-hybridized carbons (Fsp3) is 0.294. The molecule has 3 aromatic rings. The number of amides is 2. The van der Waals surface area contributed by atoms with E-state index in [0.717, 1.165) is 6.20 Å². The molecule has 0 fully saturated rings. The van der Waals surface area contributed by atoms with Crippen LogP contribution in [-0.4, -0.2) is 59.1 Å². The van der Waals surface area contributed by atoms with Crippen LogP contribution in [0.2, 0.25) is 0 Å². The van der Waals surface area contributed by atoms with Crippen molar-refractivity contribution in [1.29, 1.82) is 0 Å². The second-order valence-corrected chi connectivity index (χ2v) is 10.9. The largest absolute Gasteiger partial charge is 0.482 e. The molecule has 2 heterocycles. The highest BCUT2D eigenvalue weighted by Crippen LogP contribution is 2.26. The lowest BCUT2D eigenvalue weighted by Gasteiger charge is -2.44. The molecule has 0 bridgehead atoms. The van der Waals surface area contributed by atoms with Crippen LogP contribution in [0, 0.1) is 17.5 Å². The number of hydrogen-bond donors (Lipinski definition) is 1. The van der Waals surface area contributed by atoms with Gasteiger partial charge in [0.05, 0.1) is 25.3 Å². The van der Waals surface area contributed by atoms with E-state index in [-0.39, 0.29) is 44.4 Å². The number of rotatable bonds is 15. The van der Waals surface area contributed by atoms with Crippen LogP contribution in [-0.2, 0) is 22.7 Å². The summed E-state index contributed by atoms with van der Waals surface area (Å²) < 4.78 is 54.9. The van der Waals surface area contributed by atoms with Crippen molar-refractivity contribution >= 4 is 17.6 Å². The van der Waals surface area contributed by atoms with Gasteiger partial charge in [0.15, 0.2) is 11.4 Å². The molecule has 0 saturated heterocycles. The summed E-state index contributed by atoms with van der Waals surface area (Å²) in [6, 6.07) is 8.63. The van der Waals surface area contributed by atoms with Crippen molar-refractivity contribution in [1.82, 2.24) is 14.9 Å². The number of fused-ring (bicyclic) bond motifs is 1. The molecule has 0 saturated carbocycles. The van der Waals surface area contributed by atoms with Crippen LogP contribution < -0.4 is 20.5 Å². The van der Waals surface area contributed by atoms with Gasteiger partial charge in [-0.1, -0.05) is 42.5 Å². The summed E-state index contributed by atoms with van der Waals surface area (Å²) in [5, 5.41) is 3.96. The Morgan fingerprint density at radius 1 is 1.06 bits per heavy atom. The molecule has 1 aliphatic heterocycles. The van der Waals surface area contributed by atoms with Gasteiger partial charge in [0.1, 0.15) is 42.1 Å². The predicted molar refractivity (Wildman–Crippen MR) is 168 cm³/mol. The predicted octanol–water partition coefficient (Wildman–Crippen LogP) is 4.25. The molecule has 0 spiro atoms. The molecule has 0 aliphatic carbocycles. The fourth-order valence-electron chi connectivity index (χ4n) is 4.84. The molecule has 0 radical (unpaired) electrons. The van der Waals surface area contributed by atoms with E-state index in [1.807, 2.05) is 0 Å². The quantitative estimate of drug-likeness (QED) is 0.193. The van der Waals surface area contributed by atoms with E-state index in [1.165, 1.54) is 22.6 Å². The topological polar surface area (TPSA) is 110 Å². The molecule has 1 aliphatic rings. The van der Waals surface area contributed by atoms with Crippen molar-refractivity contribution in [2.45, 2.75) is 45.5 Å². The van der Waals surface area contributed by atoms with E-state index in [9.17, 15) is 32.3 Å². The Morgan fingerprint density at radius 2 is 1.74 bits per heavy atom. The maximum Gasteiger partial charge on any atom is 0.278 e. The average molecular weight is 653 g/mol. The van der Waals surface area contributed by atoms with Gasteiger partial charge < -0.3 is 19.7 Å². The first-order valence-corrected chi connectivity index (χ1v) is 14.7. The van der Waals surface area contributed by atoms with Gasteiger partial charge in [-0.05, 0) is 19.4 Å². The first kappa shape index (κ1) is 34.7. The molecule has 2 atom stereocenters. The SMILES string of the molecule is C=CC(C)N1CN([C@H](C=C)COCCC(C)=O)C(=O)c2c(OCc3ccccc3)c(=O)c(C(=O)NCc3c(F)cc(F)cc3F)cn21. The molecule has 2 amide bonds. The maximum absolute atomic E-state index is 14.3. The number of aromatic nitrogens is 1. The number of carbonyl (C=O) groups is 3. The monoisotopic (exact) mass is 652 g/mol. The van der Waals surface area contributed by atoms with Crippen LogP contribution in [0.3, 0.4) is 0 Å². The van der Waals surface area contributed by atoms with Crippen molar-refractivity contribution < 1.29 is 37.0 Å². The highest BCUT2D eigenvalue weighted by Gasteiger charge is 2.38. The highest BCUT2D eigenvalue weighted by atomic mass is 19.1. The summed E-state index contributed by atoms with van der Waals surface area (Å²) in [7, 11) is 0. The number of halogens is 3. The van der Waals surface area contributed by atoms with Gasteiger partial charge in [0.2, 0.25) is 5.43 Å². The number of nitrogens with one attached hydrogen (secondary N) is 1. The molecular weight excluding hydrogens is 617 g/mol. The Kier molecular flexibility index (Phi) is 11.4. The molecule has 2 aromatic carbocycles. The molecule has 10 nitrogen and oxygen atoms in total. The van der Waals surface area contributed by atoms with Gasteiger partial charge in [0, 0.05) is 36.9 Å². The van der Waals surface area contributed by atoms with Gasteiger partial charge in [-0.3, -0.25) is 28.9 Å². The summed E-state index contributed by atoms with van der Waals surface area (Å²) >= 11 is 0. The zero-order valence-electron chi connectivity index (χ0n) is 26.0. The third-order valence-corrected chi connectivity index (χ3v) is 7.56. The van der Waals surface area contributed by atoms with Gasteiger partial charge in [-0.25, -0.2) is 13.2 Å². The lowest BCUT2D eigenvalue weighted by atomic mass is 10.1. The van der Waals surface area contributed by atoms with Crippen molar-refractivity contribution in [2.24, 2.45) is 0 Å². The number of hydrogen-bond acceptors (Lipinski definition) is 7. The number of ketones is 1. The minimum atomic E-state index is -1.21. The Balaban J connectivity index is 1.78. The standard InChI is InChI=1S/C34H35F3N4O6/c1-5-21(3)41-20-39(25(6-2)19-46-13-12-22(4)42)34(45)30-32(47-18-23-10-8-7-9-11-23)31(43)27(17-40(30)41)33(44)38-16-26-28(36)14-24(35)15-29(26)37/h5-11,14-15,17,21,25H,1-2,12-13,16,18-20H2,3-4H3,(H,38,44)/t21?,25-/m1/s1. The third-order valence-electron chi connectivity index (χ3n) is 7.56. The van der Waals surface area contributed by atoms with E-state index in [1.54, 1.807) is 48.3 Å². The summed E-state index contributed by atoms with van der Waals surface area (Å²) in [5.74, 6) is -5.67. The Labute approximate surface area is 269 Å². The number of carbonyl (C=O) groups excluding carboxylic acids is 3. The van der Waals surface area contributed by atoms with Gasteiger partial charge in [0.25, 0.3) is 11.8 Å². The number of pyridine rings is 1. The summed E-state index contributed by atoms with van der Waals surface area (Å²) in [4.78, 5) is 54.3. The molecule has 1 unspecified atom stereocenters. The van der Waals surface area contributed by atoms with Gasteiger partial charge in [-0.15, -0.1) is 13.2 Å². The van der Waals surface area contributed by atoms with Crippen LogP contribution in [0.5, 0.6) is 5.75 Å². The van der Waals surface area contributed by atoms with Crippen molar-refractivity contribution in [3.63, 3.8) is 0 Å². The zero-order valence-corrected chi connectivity index (χ0v) is 26.0. The number of ether oxygens (including phenoxy) is 2. The normalized spacial score (nSPS) is 13.9. The van der Waals surface area contributed by atoms with Crippen molar-refractivity contribution in [3.8, 4) is 5.75 Å². The molecule has 4 rings (SSSR count). The van der Waals surface area contributed by atoms with Gasteiger partial charge >= 0.3 is 0 Å². The molecule has 1 N–H and O–H groups in total. The maximum atomic E-state index is 14.3. The number of Topliss-reactive ketones (excluding diaryl/α,β-unsaturated/α-hetero) is 1. The summed E-state index contributed by atoms with van der Waals surface area (Å²) in [6.45, 7) is 10.2. The summed E-state index contributed by atoms with van der Waals surface area (Å²) in [5.41, 5.74) is -1.54. The molecular formula is C34H35F3N4O6. The second-order valence-electron chi connectivity index (χ2n) is 10.9. The second kappa shape index (κ2) is 15.4. The molecule has 1 aromatic heterocycles. The fourth-order valence-corrected chi connectivity index (χ4v) is 4.84. The first-order chi connectivity index (χ1) is 22.5. The molecule has 47 heavy (non-hydrogen) atoms. The lowest BCUT2D eigenvalue weighted by Crippen LogP contribution is -2.60. The smallest absolute Gasteiger partial charge is 0.278 e. The van der Waals surface area contributed by atoms with E-state index in [0.29, 0.717) is 17.7 Å². The number of benzene rings is 2. The van der Waals surface area contributed by atoms with Crippen LogP contribution in [0.4, 0.5) is 13.2 Å². The minimum Gasteiger partial charge on any atom is -0.482 e. The van der Waals surface area contributed by atoms with E-state index in [2.05, 4.69) is 18.5 Å². The van der Waals surface area contributed by atoms with Crippen LogP contribution in [0.15, 0.2) is 78.8 Å². The average Bonchev–Trinajstić information content (AvgIpc) is 3.04. The van der Waals surface area contributed by atoms with E-state index in [4.69, 9.17) is 9.47 Å². The summed E-state index contributed by atoms with van der Waals surface area (Å²) in [6.07, 6.45) is 4.45. The van der Waals surface area contributed by atoms with E-state index < -0.39 is 70.2 Å². The number of nitrogens with zero attached hydrogens (tertiary/aromatic N) is 3. The van der Waals surface area contributed by atoms with Crippen LogP contribution in [0.25, 0.3) is 0 Å². The highest BCUT2D eigenvalue weighted by molar-refractivity contribution is 5.99. The first-order valence-electron chi connectivity index (χ1n) is 14.7. The Hall–Kier alpha value is -5.17. The van der Waals surface area contributed by atoms with Crippen molar-refractivity contribution in [3.05, 3.63) is 124 Å².